The van der Waals surface area contributed by atoms with Crippen molar-refractivity contribution in [2.24, 2.45) is 0 Å². The van der Waals surface area contributed by atoms with Gasteiger partial charge in [0.25, 0.3) is 5.91 Å². The van der Waals surface area contributed by atoms with Crippen LogP contribution in [0.15, 0.2) is 36.7 Å². The van der Waals surface area contributed by atoms with Gasteiger partial charge in [-0.1, -0.05) is 0 Å². The molecule has 0 bridgehead atoms. The Hall–Kier alpha value is -4.03. The van der Waals surface area contributed by atoms with Crippen LogP contribution in [0.5, 0.6) is 0 Å². The number of hydrogen-bond acceptors (Lipinski definition) is 8. The highest BCUT2D eigenvalue weighted by atomic mass is 19.1. The summed E-state index contributed by atoms with van der Waals surface area (Å²) in [6, 6.07) is 5.34. The van der Waals surface area contributed by atoms with Crippen LogP contribution in [0.4, 0.5) is 14.7 Å². The molecule has 10 nitrogen and oxygen atoms in total. The lowest BCUT2D eigenvalue weighted by Crippen LogP contribution is -2.43. The second-order valence-electron chi connectivity index (χ2n) is 10.3. The molecule has 3 aromatic heterocycles. The van der Waals surface area contributed by atoms with Gasteiger partial charge in [-0.05, 0) is 44.9 Å². The highest BCUT2D eigenvalue weighted by Gasteiger charge is 2.32. The van der Waals surface area contributed by atoms with Gasteiger partial charge in [-0.2, -0.15) is 10.1 Å². The first kappa shape index (κ1) is 26.2. The van der Waals surface area contributed by atoms with Crippen LogP contribution >= 0.6 is 0 Å². The number of amides is 1. The van der Waals surface area contributed by atoms with E-state index in [0.29, 0.717) is 36.2 Å². The summed E-state index contributed by atoms with van der Waals surface area (Å²) in [6.45, 7) is 4.61. The number of hydroxylamine groups is 2. The minimum absolute atomic E-state index is 0.0720. The number of ether oxygens (including phenoxy) is 1. The normalized spacial score (nSPS) is 19.3. The van der Waals surface area contributed by atoms with Gasteiger partial charge in [0.1, 0.15) is 17.7 Å². The lowest BCUT2D eigenvalue weighted by molar-refractivity contribution is -0.0757. The summed E-state index contributed by atoms with van der Waals surface area (Å²) in [4.78, 5) is 34.1. The van der Waals surface area contributed by atoms with E-state index in [1.54, 1.807) is 13.0 Å². The molecular weight excluding hydrogens is 520 g/mol. The van der Waals surface area contributed by atoms with Gasteiger partial charge in [0.15, 0.2) is 5.65 Å². The maximum atomic E-state index is 15.1. The summed E-state index contributed by atoms with van der Waals surface area (Å²) in [5, 5.41) is 5.93. The number of nitrogens with zero attached hydrogens (tertiary/aromatic N) is 7. The van der Waals surface area contributed by atoms with E-state index >= 15 is 4.39 Å². The summed E-state index contributed by atoms with van der Waals surface area (Å²) < 4.78 is 37.2. The molecular formula is C28H29F2N7O3. The molecule has 208 valence electrons. The van der Waals surface area contributed by atoms with E-state index in [2.05, 4.69) is 10.1 Å². The SMILES string of the molecule is CON(C)C(=O)c1cc2c(-c3ccc(F)cc3F)nc(N3C[C@@H](C)O[C@@H](c4cnn(C5CC5)c4)C3)nc2nc1C. The highest BCUT2D eigenvalue weighted by Crippen LogP contribution is 2.36. The number of fused-ring (bicyclic) bond motifs is 1. The number of hydrogen-bond donors (Lipinski definition) is 0. The largest absolute Gasteiger partial charge is 0.367 e. The Kier molecular flexibility index (Phi) is 6.67. The summed E-state index contributed by atoms with van der Waals surface area (Å²) in [5.41, 5.74) is 2.21. The van der Waals surface area contributed by atoms with E-state index < -0.39 is 17.5 Å². The van der Waals surface area contributed by atoms with E-state index in [1.807, 2.05) is 28.9 Å². The van der Waals surface area contributed by atoms with Crippen molar-refractivity contribution in [3.63, 3.8) is 0 Å². The average molecular weight is 550 g/mol. The topological polar surface area (TPSA) is 98.5 Å². The number of halogens is 2. The van der Waals surface area contributed by atoms with Gasteiger partial charge in [-0.3, -0.25) is 14.3 Å². The number of carbonyl (C=O) groups excluding carboxylic acids is 1. The molecule has 2 aliphatic rings. The van der Waals surface area contributed by atoms with Crippen LogP contribution in [0, 0.1) is 18.6 Å². The first-order valence-corrected chi connectivity index (χ1v) is 13.1. The molecule has 0 spiro atoms. The van der Waals surface area contributed by atoms with Crippen molar-refractivity contribution in [1.29, 1.82) is 0 Å². The Morgan fingerprint density at radius 1 is 1.15 bits per heavy atom. The molecule has 0 unspecified atom stereocenters. The summed E-state index contributed by atoms with van der Waals surface area (Å²) in [6.07, 6.45) is 5.71. The van der Waals surface area contributed by atoms with Gasteiger partial charge in [-0.15, -0.1) is 0 Å². The standard InChI is InChI=1S/C28H29F2N7O3/c1-15-12-36(14-24(40-15)17-11-31-37(13-17)19-6-7-19)28-33-25(20-8-5-18(29)9-23(20)30)22-10-21(27(38)35(3)39-4)16(2)32-26(22)34-28/h5,8-11,13,15,19,24H,6-7,12,14H2,1-4H3/t15-,24-/m1/s1. The molecule has 4 heterocycles. The molecule has 40 heavy (non-hydrogen) atoms. The smallest absolute Gasteiger partial charge is 0.279 e. The number of morpholine rings is 1. The van der Waals surface area contributed by atoms with Crippen LogP contribution in [-0.2, 0) is 9.57 Å². The molecule has 4 aromatic rings. The van der Waals surface area contributed by atoms with Crippen LogP contribution in [-0.4, -0.2) is 69.1 Å². The van der Waals surface area contributed by atoms with Crippen molar-refractivity contribution in [2.75, 3.05) is 32.1 Å². The zero-order chi connectivity index (χ0) is 28.1. The Labute approximate surface area is 229 Å². The Morgan fingerprint density at radius 3 is 2.67 bits per heavy atom. The zero-order valence-corrected chi connectivity index (χ0v) is 22.6. The van der Waals surface area contributed by atoms with Crippen molar-refractivity contribution in [3.8, 4) is 11.3 Å². The highest BCUT2D eigenvalue weighted by molar-refractivity contribution is 6.00. The van der Waals surface area contributed by atoms with Crippen molar-refractivity contribution >= 4 is 22.9 Å². The number of benzene rings is 1. The van der Waals surface area contributed by atoms with Crippen LogP contribution in [0.1, 0.15) is 53.5 Å². The summed E-state index contributed by atoms with van der Waals surface area (Å²) >= 11 is 0. The number of anilines is 1. The lowest BCUT2D eigenvalue weighted by atomic mass is 10.0. The maximum Gasteiger partial charge on any atom is 0.279 e. The molecule has 1 aliphatic heterocycles. The molecule has 1 amide bonds. The van der Waals surface area contributed by atoms with Crippen LogP contribution < -0.4 is 4.90 Å². The molecule has 6 rings (SSSR count). The van der Waals surface area contributed by atoms with Crippen LogP contribution in [0.3, 0.4) is 0 Å². The third-order valence-corrected chi connectivity index (χ3v) is 7.30. The van der Waals surface area contributed by atoms with E-state index in [1.165, 1.54) is 26.3 Å². The fraction of sp³-hybridized carbons (Fsp3) is 0.393. The third kappa shape index (κ3) is 4.88. The van der Waals surface area contributed by atoms with Gasteiger partial charge >= 0.3 is 0 Å². The third-order valence-electron chi connectivity index (χ3n) is 7.30. The van der Waals surface area contributed by atoms with Gasteiger partial charge in [0.2, 0.25) is 5.95 Å². The minimum Gasteiger partial charge on any atom is -0.367 e. The van der Waals surface area contributed by atoms with E-state index in [9.17, 15) is 9.18 Å². The molecule has 0 N–H and O–H groups in total. The number of aryl methyl sites for hydroxylation is 1. The molecule has 1 saturated heterocycles. The molecule has 0 radical (unpaired) electrons. The maximum absolute atomic E-state index is 15.1. The summed E-state index contributed by atoms with van der Waals surface area (Å²) in [7, 11) is 2.86. The van der Waals surface area contributed by atoms with E-state index in [4.69, 9.17) is 19.5 Å². The second-order valence-corrected chi connectivity index (χ2v) is 10.3. The number of carbonyl (C=O) groups is 1. The Balaban J connectivity index is 1.45. The Bertz CT molecular complexity index is 1610. The van der Waals surface area contributed by atoms with Crippen molar-refractivity contribution in [2.45, 2.75) is 44.9 Å². The molecule has 1 aliphatic carbocycles. The number of pyridine rings is 1. The van der Waals surface area contributed by atoms with Crippen molar-refractivity contribution < 1.29 is 23.1 Å². The molecule has 1 saturated carbocycles. The number of aromatic nitrogens is 5. The van der Waals surface area contributed by atoms with Crippen molar-refractivity contribution in [3.05, 3.63) is 65.1 Å². The quantitative estimate of drug-likeness (QED) is 0.326. The predicted molar refractivity (Wildman–Crippen MR) is 143 cm³/mol. The molecule has 1 aromatic carbocycles. The first-order valence-electron chi connectivity index (χ1n) is 13.1. The fourth-order valence-corrected chi connectivity index (χ4v) is 4.99. The summed E-state index contributed by atoms with van der Waals surface area (Å²) in [5.74, 6) is -1.58. The second kappa shape index (κ2) is 10.2. The van der Waals surface area contributed by atoms with Gasteiger partial charge < -0.3 is 9.64 Å². The van der Waals surface area contributed by atoms with Gasteiger partial charge in [0.05, 0.1) is 48.9 Å². The van der Waals surface area contributed by atoms with Gasteiger partial charge in [-0.25, -0.2) is 23.8 Å². The monoisotopic (exact) mass is 549 g/mol. The predicted octanol–water partition coefficient (Wildman–Crippen LogP) is 4.41. The minimum atomic E-state index is -0.783. The van der Waals surface area contributed by atoms with Gasteiger partial charge in [0, 0.05) is 42.4 Å². The van der Waals surface area contributed by atoms with E-state index in [0.717, 1.165) is 29.5 Å². The zero-order valence-electron chi connectivity index (χ0n) is 22.6. The number of rotatable bonds is 6. The molecule has 2 fully saturated rings. The lowest BCUT2D eigenvalue weighted by Gasteiger charge is -2.36. The van der Waals surface area contributed by atoms with Crippen LogP contribution in [0.2, 0.25) is 0 Å². The first-order chi connectivity index (χ1) is 19.2. The fourth-order valence-electron chi connectivity index (χ4n) is 4.99. The molecule has 12 heteroatoms. The Morgan fingerprint density at radius 2 is 1.95 bits per heavy atom. The average Bonchev–Trinajstić information content (AvgIpc) is 3.67. The van der Waals surface area contributed by atoms with Crippen LogP contribution in [0.25, 0.3) is 22.3 Å². The van der Waals surface area contributed by atoms with Crippen molar-refractivity contribution in [1.82, 2.24) is 29.8 Å². The molecule has 2 atom stereocenters. The van der Waals surface area contributed by atoms with E-state index in [-0.39, 0.29) is 34.7 Å².